The molecule has 0 aliphatic rings. The van der Waals surface area contributed by atoms with Gasteiger partial charge in [-0.25, -0.2) is 4.39 Å². The Labute approximate surface area is 108 Å². The van der Waals surface area contributed by atoms with Gasteiger partial charge in [-0.2, -0.15) is 0 Å². The first-order valence-corrected chi connectivity index (χ1v) is 5.94. The maximum absolute atomic E-state index is 13.6. The average molecular weight is 295 g/mol. The molecule has 0 atom stereocenters. The molecular formula is C13H12BrFN2. The van der Waals surface area contributed by atoms with Crippen LogP contribution in [0, 0.1) is 12.7 Å². The molecule has 2 aromatic carbocycles. The lowest BCUT2D eigenvalue weighted by atomic mass is 10.2. The molecule has 0 amide bonds. The van der Waals surface area contributed by atoms with Crippen LogP contribution in [0.4, 0.5) is 21.5 Å². The van der Waals surface area contributed by atoms with Crippen molar-refractivity contribution < 1.29 is 4.39 Å². The molecule has 88 valence electrons. The van der Waals surface area contributed by atoms with E-state index in [4.69, 9.17) is 5.73 Å². The lowest BCUT2D eigenvalue weighted by molar-refractivity contribution is 0.631. The second-order valence-electron chi connectivity index (χ2n) is 3.82. The largest absolute Gasteiger partial charge is 0.398 e. The van der Waals surface area contributed by atoms with Crippen LogP contribution in [-0.2, 0) is 0 Å². The highest BCUT2D eigenvalue weighted by Crippen LogP contribution is 2.25. The first-order chi connectivity index (χ1) is 8.06. The van der Waals surface area contributed by atoms with E-state index in [1.165, 1.54) is 6.07 Å². The second kappa shape index (κ2) is 4.75. The van der Waals surface area contributed by atoms with E-state index in [1.54, 1.807) is 18.2 Å². The van der Waals surface area contributed by atoms with E-state index in [-0.39, 0.29) is 5.82 Å². The Morgan fingerprint density at radius 1 is 1.18 bits per heavy atom. The molecule has 0 aliphatic heterocycles. The molecule has 0 heterocycles. The van der Waals surface area contributed by atoms with Crippen LogP contribution in [0.3, 0.4) is 0 Å². The third kappa shape index (κ3) is 2.77. The highest BCUT2D eigenvalue weighted by atomic mass is 79.9. The van der Waals surface area contributed by atoms with Crippen molar-refractivity contribution in [2.24, 2.45) is 0 Å². The summed E-state index contributed by atoms with van der Waals surface area (Å²) in [7, 11) is 0. The van der Waals surface area contributed by atoms with E-state index in [1.807, 2.05) is 19.1 Å². The number of anilines is 3. The minimum absolute atomic E-state index is 0.307. The maximum atomic E-state index is 13.6. The smallest absolute Gasteiger partial charge is 0.147 e. The molecule has 2 aromatic rings. The van der Waals surface area contributed by atoms with E-state index in [0.29, 0.717) is 15.8 Å². The quantitative estimate of drug-likeness (QED) is 0.814. The predicted molar refractivity (Wildman–Crippen MR) is 73.0 cm³/mol. The van der Waals surface area contributed by atoms with Crippen LogP contribution in [0.5, 0.6) is 0 Å². The summed E-state index contributed by atoms with van der Waals surface area (Å²) in [5, 5.41) is 2.99. The van der Waals surface area contributed by atoms with Crippen LogP contribution < -0.4 is 11.1 Å². The van der Waals surface area contributed by atoms with Crippen molar-refractivity contribution in [3.63, 3.8) is 0 Å². The summed E-state index contributed by atoms with van der Waals surface area (Å²) >= 11 is 3.22. The number of benzene rings is 2. The zero-order valence-corrected chi connectivity index (χ0v) is 10.9. The van der Waals surface area contributed by atoms with Crippen LogP contribution >= 0.6 is 15.9 Å². The first-order valence-electron chi connectivity index (χ1n) is 5.14. The summed E-state index contributed by atoms with van der Waals surface area (Å²) < 4.78 is 14.3. The number of aryl methyl sites for hydroxylation is 1. The van der Waals surface area contributed by atoms with Gasteiger partial charge in [0, 0.05) is 15.8 Å². The molecule has 0 bridgehead atoms. The van der Waals surface area contributed by atoms with E-state index < -0.39 is 0 Å². The van der Waals surface area contributed by atoms with Gasteiger partial charge in [-0.1, -0.05) is 22.0 Å². The molecule has 0 aromatic heterocycles. The molecule has 4 heteroatoms. The highest BCUT2D eigenvalue weighted by molar-refractivity contribution is 9.10. The van der Waals surface area contributed by atoms with Crippen molar-refractivity contribution in [1.82, 2.24) is 0 Å². The monoisotopic (exact) mass is 294 g/mol. The third-order valence-electron chi connectivity index (χ3n) is 2.49. The van der Waals surface area contributed by atoms with Crippen molar-refractivity contribution in [2.45, 2.75) is 6.92 Å². The summed E-state index contributed by atoms with van der Waals surface area (Å²) in [6.07, 6.45) is 0. The number of rotatable bonds is 2. The van der Waals surface area contributed by atoms with Crippen molar-refractivity contribution in [3.05, 3.63) is 52.3 Å². The minimum Gasteiger partial charge on any atom is -0.398 e. The van der Waals surface area contributed by atoms with Crippen molar-refractivity contribution >= 4 is 33.0 Å². The van der Waals surface area contributed by atoms with E-state index >= 15 is 0 Å². The SMILES string of the molecule is Cc1ccc(Nc2ccc(Br)cc2F)cc1N. The Morgan fingerprint density at radius 3 is 2.59 bits per heavy atom. The Morgan fingerprint density at radius 2 is 1.94 bits per heavy atom. The Balaban J connectivity index is 2.28. The zero-order chi connectivity index (χ0) is 12.4. The zero-order valence-electron chi connectivity index (χ0n) is 9.30. The van der Waals surface area contributed by atoms with Crippen LogP contribution in [0.15, 0.2) is 40.9 Å². The van der Waals surface area contributed by atoms with Gasteiger partial charge in [0.05, 0.1) is 5.69 Å². The standard InChI is InChI=1S/C13H12BrFN2/c1-8-2-4-10(7-12(8)16)17-13-5-3-9(14)6-11(13)15/h2-7,17H,16H2,1H3. The highest BCUT2D eigenvalue weighted by Gasteiger charge is 2.03. The van der Waals surface area contributed by atoms with E-state index in [9.17, 15) is 4.39 Å². The molecule has 0 saturated heterocycles. The van der Waals surface area contributed by atoms with Gasteiger partial charge in [-0.15, -0.1) is 0 Å². The molecule has 0 fully saturated rings. The minimum atomic E-state index is -0.307. The molecule has 0 spiro atoms. The fourth-order valence-electron chi connectivity index (χ4n) is 1.46. The van der Waals surface area contributed by atoms with E-state index in [0.717, 1.165) is 11.3 Å². The topological polar surface area (TPSA) is 38.0 Å². The van der Waals surface area contributed by atoms with Gasteiger partial charge in [0.15, 0.2) is 0 Å². The lowest BCUT2D eigenvalue weighted by Gasteiger charge is -2.09. The Kier molecular flexibility index (Phi) is 3.33. The van der Waals surface area contributed by atoms with Crippen molar-refractivity contribution in [1.29, 1.82) is 0 Å². The molecule has 0 unspecified atom stereocenters. The maximum Gasteiger partial charge on any atom is 0.147 e. The predicted octanol–water partition coefficient (Wildman–Crippen LogP) is 4.22. The van der Waals surface area contributed by atoms with Crippen LogP contribution in [0.1, 0.15) is 5.56 Å². The van der Waals surface area contributed by atoms with Gasteiger partial charge in [0.25, 0.3) is 0 Å². The van der Waals surface area contributed by atoms with Crippen LogP contribution in [-0.4, -0.2) is 0 Å². The molecule has 3 N–H and O–H groups in total. The number of halogens is 2. The molecule has 0 radical (unpaired) electrons. The molecule has 2 nitrogen and oxygen atoms in total. The van der Waals surface area contributed by atoms with Crippen LogP contribution in [0.2, 0.25) is 0 Å². The van der Waals surface area contributed by atoms with Gasteiger partial charge >= 0.3 is 0 Å². The summed E-state index contributed by atoms with van der Waals surface area (Å²) in [6, 6.07) is 10.4. The fraction of sp³-hybridized carbons (Fsp3) is 0.0769. The fourth-order valence-corrected chi connectivity index (χ4v) is 1.80. The number of hydrogen-bond acceptors (Lipinski definition) is 2. The van der Waals surface area contributed by atoms with E-state index in [2.05, 4.69) is 21.2 Å². The molecular weight excluding hydrogens is 283 g/mol. The molecule has 0 aliphatic carbocycles. The molecule has 2 rings (SSSR count). The van der Waals surface area contributed by atoms with Gasteiger partial charge in [0.2, 0.25) is 0 Å². The number of nitrogens with one attached hydrogen (secondary N) is 1. The summed E-state index contributed by atoms with van der Waals surface area (Å²) in [5.41, 5.74) is 8.69. The lowest BCUT2D eigenvalue weighted by Crippen LogP contribution is -1.96. The molecule has 0 saturated carbocycles. The van der Waals surface area contributed by atoms with Gasteiger partial charge in [-0.3, -0.25) is 0 Å². The number of nitrogens with two attached hydrogens (primary N) is 1. The summed E-state index contributed by atoms with van der Waals surface area (Å²) in [6.45, 7) is 1.93. The number of nitrogen functional groups attached to an aromatic ring is 1. The summed E-state index contributed by atoms with van der Waals surface area (Å²) in [5.74, 6) is -0.307. The van der Waals surface area contributed by atoms with Crippen molar-refractivity contribution in [2.75, 3.05) is 11.1 Å². The van der Waals surface area contributed by atoms with Gasteiger partial charge < -0.3 is 11.1 Å². The Hall–Kier alpha value is -1.55. The van der Waals surface area contributed by atoms with Gasteiger partial charge in [-0.05, 0) is 42.8 Å². The van der Waals surface area contributed by atoms with Crippen molar-refractivity contribution in [3.8, 4) is 0 Å². The molecule has 17 heavy (non-hydrogen) atoms. The van der Waals surface area contributed by atoms with Gasteiger partial charge in [0.1, 0.15) is 5.82 Å². The average Bonchev–Trinajstić information content (AvgIpc) is 2.27. The second-order valence-corrected chi connectivity index (χ2v) is 4.74. The number of hydrogen-bond donors (Lipinski definition) is 2. The first kappa shape index (κ1) is 11.9. The third-order valence-corrected chi connectivity index (χ3v) is 2.98. The van der Waals surface area contributed by atoms with Crippen LogP contribution in [0.25, 0.3) is 0 Å². The Bertz CT molecular complexity index is 555. The summed E-state index contributed by atoms with van der Waals surface area (Å²) in [4.78, 5) is 0. The normalized spacial score (nSPS) is 10.3.